The Morgan fingerprint density at radius 1 is 0.867 bits per heavy atom. The SMILES string of the molecule is Cc1ccc(C(=S)C(O)c2ccc(C)cc2)cc1.Cc1cccc(S(=O)(=O)O)c1O. The molecule has 0 fully saturated rings. The van der Waals surface area contributed by atoms with Gasteiger partial charge in [-0.1, -0.05) is 84.0 Å². The van der Waals surface area contributed by atoms with Gasteiger partial charge in [0.25, 0.3) is 10.1 Å². The maximum atomic E-state index is 10.6. The molecular formula is C23H24O5S2. The van der Waals surface area contributed by atoms with Crippen LogP contribution in [0.1, 0.15) is 33.9 Å². The van der Waals surface area contributed by atoms with Crippen LogP contribution >= 0.6 is 12.2 Å². The molecule has 158 valence electrons. The Labute approximate surface area is 182 Å². The van der Waals surface area contributed by atoms with Crippen LogP contribution in [0.25, 0.3) is 0 Å². The predicted molar refractivity (Wildman–Crippen MR) is 122 cm³/mol. The smallest absolute Gasteiger partial charge is 0.298 e. The summed E-state index contributed by atoms with van der Waals surface area (Å²) in [4.78, 5) is 0.112. The zero-order valence-electron chi connectivity index (χ0n) is 16.9. The molecule has 0 bridgehead atoms. The number of phenols is 1. The van der Waals surface area contributed by atoms with Gasteiger partial charge >= 0.3 is 0 Å². The number of rotatable bonds is 4. The molecule has 7 heteroatoms. The number of aliphatic hydroxyl groups is 1. The van der Waals surface area contributed by atoms with Gasteiger partial charge in [-0.05, 0) is 43.5 Å². The van der Waals surface area contributed by atoms with Crippen molar-refractivity contribution in [2.75, 3.05) is 0 Å². The van der Waals surface area contributed by atoms with Crippen molar-refractivity contribution >= 4 is 27.2 Å². The highest BCUT2D eigenvalue weighted by Gasteiger charge is 2.16. The minimum absolute atomic E-state index is 0.403. The van der Waals surface area contributed by atoms with Crippen molar-refractivity contribution in [3.05, 3.63) is 94.5 Å². The number of phenolic OH excluding ortho intramolecular Hbond substituents is 1. The van der Waals surface area contributed by atoms with Crippen molar-refractivity contribution in [3.63, 3.8) is 0 Å². The first-order valence-corrected chi connectivity index (χ1v) is 11.0. The van der Waals surface area contributed by atoms with Crippen LogP contribution in [0.5, 0.6) is 5.75 Å². The molecule has 3 rings (SSSR count). The van der Waals surface area contributed by atoms with E-state index in [0.717, 1.165) is 17.2 Å². The largest absolute Gasteiger partial charge is 0.506 e. The van der Waals surface area contributed by atoms with Crippen molar-refractivity contribution in [3.8, 4) is 5.75 Å². The summed E-state index contributed by atoms with van der Waals surface area (Å²) in [7, 11) is -4.31. The lowest BCUT2D eigenvalue weighted by molar-refractivity contribution is 0.250. The lowest BCUT2D eigenvalue weighted by atomic mass is 9.99. The van der Waals surface area contributed by atoms with Crippen LogP contribution in [-0.4, -0.2) is 28.0 Å². The average Bonchev–Trinajstić information content (AvgIpc) is 2.70. The van der Waals surface area contributed by atoms with Crippen molar-refractivity contribution in [1.29, 1.82) is 0 Å². The van der Waals surface area contributed by atoms with Gasteiger partial charge in [0.05, 0.1) is 4.86 Å². The van der Waals surface area contributed by atoms with Gasteiger partial charge in [-0.15, -0.1) is 0 Å². The number of aryl methyl sites for hydroxylation is 3. The second-order valence-corrected chi connectivity index (χ2v) is 8.77. The number of thiocarbonyl (C=S) groups is 1. The highest BCUT2D eigenvalue weighted by molar-refractivity contribution is 7.86. The van der Waals surface area contributed by atoms with E-state index < -0.39 is 26.9 Å². The highest BCUT2D eigenvalue weighted by atomic mass is 32.2. The molecule has 0 aliphatic carbocycles. The Morgan fingerprint density at radius 2 is 1.37 bits per heavy atom. The third-order valence-electron chi connectivity index (χ3n) is 4.46. The first kappa shape index (κ1) is 23.7. The average molecular weight is 445 g/mol. The van der Waals surface area contributed by atoms with Gasteiger partial charge in [0.1, 0.15) is 16.7 Å². The Balaban J connectivity index is 0.000000232. The second kappa shape index (κ2) is 9.95. The third kappa shape index (κ3) is 6.21. The quantitative estimate of drug-likeness (QED) is 0.307. The molecule has 3 aromatic rings. The lowest BCUT2D eigenvalue weighted by Gasteiger charge is -2.13. The van der Waals surface area contributed by atoms with Crippen LogP contribution < -0.4 is 0 Å². The lowest BCUT2D eigenvalue weighted by Crippen LogP contribution is -2.11. The monoisotopic (exact) mass is 444 g/mol. The Hall–Kier alpha value is -2.58. The molecule has 5 nitrogen and oxygen atoms in total. The van der Waals surface area contributed by atoms with Gasteiger partial charge in [0.2, 0.25) is 0 Å². The van der Waals surface area contributed by atoms with Gasteiger partial charge < -0.3 is 10.2 Å². The minimum atomic E-state index is -4.31. The number of hydrogen-bond donors (Lipinski definition) is 3. The fraction of sp³-hybridized carbons (Fsp3) is 0.174. The third-order valence-corrected chi connectivity index (χ3v) is 5.80. The van der Waals surface area contributed by atoms with Crippen LogP contribution in [0.4, 0.5) is 0 Å². The van der Waals surface area contributed by atoms with E-state index >= 15 is 0 Å². The zero-order valence-corrected chi connectivity index (χ0v) is 18.5. The Kier molecular flexibility index (Phi) is 7.86. The number of benzene rings is 3. The summed E-state index contributed by atoms with van der Waals surface area (Å²) in [6.45, 7) is 5.60. The molecule has 1 atom stereocenters. The molecule has 30 heavy (non-hydrogen) atoms. The van der Waals surface area contributed by atoms with Crippen molar-refractivity contribution in [1.82, 2.24) is 0 Å². The molecule has 0 heterocycles. The van der Waals surface area contributed by atoms with Gasteiger partial charge in [0.15, 0.2) is 0 Å². The molecule has 0 radical (unpaired) electrons. The van der Waals surface area contributed by atoms with Crippen LogP contribution in [0, 0.1) is 20.8 Å². The first-order chi connectivity index (χ1) is 14.0. The van der Waals surface area contributed by atoms with Gasteiger partial charge in [-0.3, -0.25) is 4.55 Å². The molecule has 0 amide bonds. The highest BCUT2D eigenvalue weighted by Crippen LogP contribution is 2.25. The summed E-state index contributed by atoms with van der Waals surface area (Å²) in [6, 6.07) is 19.8. The van der Waals surface area contributed by atoms with Crippen LogP contribution in [0.3, 0.4) is 0 Å². The summed E-state index contributed by atoms with van der Waals surface area (Å²) < 4.78 is 29.8. The molecule has 1 unspecified atom stereocenters. The fourth-order valence-electron chi connectivity index (χ4n) is 2.62. The van der Waals surface area contributed by atoms with Gasteiger partial charge in [-0.2, -0.15) is 8.42 Å². The summed E-state index contributed by atoms with van der Waals surface area (Å²) in [5.41, 5.74) is 4.51. The summed E-state index contributed by atoms with van der Waals surface area (Å²) in [5.74, 6) is -0.403. The second-order valence-electron chi connectivity index (χ2n) is 6.94. The first-order valence-electron chi connectivity index (χ1n) is 9.12. The predicted octanol–water partition coefficient (Wildman–Crippen LogP) is 4.70. The van der Waals surface area contributed by atoms with Crippen molar-refractivity contribution < 1.29 is 23.2 Å². The van der Waals surface area contributed by atoms with E-state index in [2.05, 4.69) is 0 Å². The Bertz CT molecular complexity index is 1120. The van der Waals surface area contributed by atoms with Crippen LogP contribution in [-0.2, 0) is 10.1 Å². The molecule has 0 aliphatic rings. The maximum Gasteiger partial charge on any atom is 0.298 e. The zero-order chi connectivity index (χ0) is 22.5. The summed E-state index contributed by atoms with van der Waals surface area (Å²) in [5, 5.41) is 19.5. The Morgan fingerprint density at radius 3 is 1.83 bits per heavy atom. The molecular weight excluding hydrogens is 420 g/mol. The standard InChI is InChI=1S/C16H16OS.C7H8O4S/c1-11-3-7-13(8-4-11)15(17)16(18)14-9-5-12(2)6-10-14;1-5-3-2-4-6(7(5)8)12(9,10)11/h3-10,15,17H,1-2H3;2-4,8H,1H3,(H,9,10,11). The molecule has 0 aromatic heterocycles. The summed E-state index contributed by atoms with van der Waals surface area (Å²) in [6.07, 6.45) is -0.719. The van der Waals surface area contributed by atoms with Crippen molar-refractivity contribution in [2.24, 2.45) is 0 Å². The molecule has 0 saturated heterocycles. The number of aromatic hydroxyl groups is 1. The number of aliphatic hydroxyl groups excluding tert-OH is 1. The van der Waals surface area contributed by atoms with Crippen molar-refractivity contribution in [2.45, 2.75) is 31.8 Å². The van der Waals surface area contributed by atoms with E-state index in [-0.39, 0.29) is 0 Å². The molecule has 0 saturated carbocycles. The molecule has 3 N–H and O–H groups in total. The van der Waals surface area contributed by atoms with E-state index in [0.29, 0.717) is 10.4 Å². The van der Waals surface area contributed by atoms with Crippen LogP contribution in [0.2, 0.25) is 0 Å². The minimum Gasteiger partial charge on any atom is -0.506 e. The number of hydrogen-bond acceptors (Lipinski definition) is 5. The van der Waals surface area contributed by atoms with E-state index in [1.165, 1.54) is 17.2 Å². The van der Waals surface area contributed by atoms with E-state index in [1.54, 1.807) is 13.0 Å². The maximum absolute atomic E-state index is 10.6. The van der Waals surface area contributed by atoms with Crippen LogP contribution in [0.15, 0.2) is 71.6 Å². The van der Waals surface area contributed by atoms with E-state index in [4.69, 9.17) is 16.8 Å². The number of para-hydroxylation sites is 1. The van der Waals surface area contributed by atoms with Gasteiger partial charge in [-0.25, -0.2) is 0 Å². The van der Waals surface area contributed by atoms with Gasteiger partial charge in [0, 0.05) is 0 Å². The van der Waals surface area contributed by atoms with E-state index in [1.807, 2.05) is 62.4 Å². The topological polar surface area (TPSA) is 94.8 Å². The summed E-state index contributed by atoms with van der Waals surface area (Å²) >= 11 is 5.35. The van der Waals surface area contributed by atoms with E-state index in [9.17, 15) is 18.6 Å². The fourth-order valence-corrected chi connectivity index (χ4v) is 3.54. The molecule has 3 aromatic carbocycles. The molecule has 0 aliphatic heterocycles. The molecule has 0 spiro atoms. The normalized spacial score (nSPS) is 11.9.